The molecule has 1 aliphatic heterocycles. The van der Waals surface area contributed by atoms with Gasteiger partial charge in [-0.1, -0.05) is 42.7 Å². The van der Waals surface area contributed by atoms with Gasteiger partial charge in [0.1, 0.15) is 0 Å². The molecular formula is C16H17NO2. The molecule has 0 spiro atoms. The first-order valence-electron chi connectivity index (χ1n) is 6.81. The second-order valence-electron chi connectivity index (χ2n) is 5.26. The number of rotatable bonds is 2. The van der Waals surface area contributed by atoms with Gasteiger partial charge in [-0.15, -0.1) is 0 Å². The van der Waals surface area contributed by atoms with Gasteiger partial charge in [0.25, 0.3) is 0 Å². The smallest absolute Gasteiger partial charge is 0.363 e. The highest BCUT2D eigenvalue weighted by Crippen LogP contribution is 2.30. The maximum absolute atomic E-state index is 11.8. The fourth-order valence-corrected chi connectivity index (χ4v) is 2.59. The zero-order valence-corrected chi connectivity index (χ0v) is 11.1. The van der Waals surface area contributed by atoms with E-state index in [0.717, 1.165) is 18.4 Å². The van der Waals surface area contributed by atoms with E-state index in [1.807, 2.05) is 31.2 Å². The van der Waals surface area contributed by atoms with Crippen LogP contribution in [0, 0.1) is 12.8 Å². The number of nitrogens with zero attached hydrogens (tertiary/aromatic N) is 1. The van der Waals surface area contributed by atoms with Gasteiger partial charge in [0, 0.05) is 5.92 Å². The Kier molecular flexibility index (Phi) is 3.20. The average molecular weight is 255 g/mol. The molecule has 3 nitrogen and oxygen atoms in total. The quantitative estimate of drug-likeness (QED) is 0.599. The van der Waals surface area contributed by atoms with Crippen LogP contribution in [0.5, 0.6) is 0 Å². The van der Waals surface area contributed by atoms with Crippen LogP contribution >= 0.6 is 0 Å². The predicted octanol–water partition coefficient (Wildman–Crippen LogP) is 3.48. The number of aliphatic imine (C=N–C) groups is 1. The molecule has 1 saturated carbocycles. The van der Waals surface area contributed by atoms with Crippen molar-refractivity contribution in [2.75, 3.05) is 0 Å². The van der Waals surface area contributed by atoms with Crippen molar-refractivity contribution in [3.8, 4) is 0 Å². The van der Waals surface area contributed by atoms with Gasteiger partial charge < -0.3 is 4.74 Å². The molecule has 1 aromatic carbocycles. The maximum Gasteiger partial charge on any atom is 0.363 e. The van der Waals surface area contributed by atoms with E-state index in [-0.39, 0.29) is 5.97 Å². The van der Waals surface area contributed by atoms with Gasteiger partial charge in [-0.3, -0.25) is 0 Å². The first-order chi connectivity index (χ1) is 9.22. The first-order valence-corrected chi connectivity index (χ1v) is 6.81. The Morgan fingerprint density at radius 3 is 2.58 bits per heavy atom. The van der Waals surface area contributed by atoms with Crippen molar-refractivity contribution in [3.05, 3.63) is 41.1 Å². The third-order valence-corrected chi connectivity index (χ3v) is 3.72. The second-order valence-corrected chi connectivity index (χ2v) is 5.26. The molecule has 0 radical (unpaired) electrons. The maximum atomic E-state index is 11.8. The third-order valence-electron chi connectivity index (χ3n) is 3.72. The minimum absolute atomic E-state index is 0.317. The molecule has 1 fully saturated rings. The lowest BCUT2D eigenvalue weighted by molar-refractivity contribution is -0.130. The van der Waals surface area contributed by atoms with E-state index < -0.39 is 0 Å². The molecule has 0 unspecified atom stereocenters. The van der Waals surface area contributed by atoms with Crippen LogP contribution in [0.3, 0.4) is 0 Å². The molecule has 0 amide bonds. The summed E-state index contributed by atoms with van der Waals surface area (Å²) >= 11 is 0. The van der Waals surface area contributed by atoms with Gasteiger partial charge in [0.2, 0.25) is 5.90 Å². The Morgan fingerprint density at radius 1 is 1.21 bits per heavy atom. The highest BCUT2D eigenvalue weighted by molar-refractivity contribution is 6.07. The molecule has 0 bridgehead atoms. The van der Waals surface area contributed by atoms with Gasteiger partial charge in [-0.05, 0) is 31.4 Å². The predicted molar refractivity (Wildman–Crippen MR) is 74.6 cm³/mol. The Morgan fingerprint density at radius 2 is 1.89 bits per heavy atom. The summed E-state index contributed by atoms with van der Waals surface area (Å²) in [7, 11) is 0. The van der Waals surface area contributed by atoms with Crippen LogP contribution in [-0.4, -0.2) is 11.9 Å². The molecule has 0 saturated heterocycles. The molecule has 0 atom stereocenters. The van der Waals surface area contributed by atoms with E-state index in [2.05, 4.69) is 4.99 Å². The number of benzene rings is 1. The molecule has 19 heavy (non-hydrogen) atoms. The number of aryl methyl sites for hydroxylation is 1. The summed E-state index contributed by atoms with van der Waals surface area (Å²) in [5.41, 5.74) is 2.60. The molecule has 1 aromatic rings. The summed E-state index contributed by atoms with van der Waals surface area (Å²) in [5.74, 6) is 0.649. The number of esters is 1. The van der Waals surface area contributed by atoms with Gasteiger partial charge in [0.15, 0.2) is 5.70 Å². The number of ether oxygens (including phenoxy) is 1. The molecule has 0 N–H and O–H groups in total. The van der Waals surface area contributed by atoms with Gasteiger partial charge >= 0.3 is 5.97 Å². The fourth-order valence-electron chi connectivity index (χ4n) is 2.59. The summed E-state index contributed by atoms with van der Waals surface area (Å²) < 4.78 is 5.30. The van der Waals surface area contributed by atoms with Crippen molar-refractivity contribution in [2.24, 2.45) is 10.9 Å². The molecular weight excluding hydrogens is 238 g/mol. The molecule has 0 aromatic heterocycles. The first kappa shape index (κ1) is 12.2. The summed E-state index contributed by atoms with van der Waals surface area (Å²) in [6, 6.07) is 8.01. The summed E-state index contributed by atoms with van der Waals surface area (Å²) in [6.07, 6.45) is 6.38. The van der Waals surface area contributed by atoms with E-state index in [4.69, 9.17) is 4.74 Å². The lowest BCUT2D eigenvalue weighted by atomic mass is 10.1. The van der Waals surface area contributed by atoms with Crippen LogP contribution in [0.4, 0.5) is 0 Å². The average Bonchev–Trinajstić information content (AvgIpc) is 3.03. The topological polar surface area (TPSA) is 38.7 Å². The summed E-state index contributed by atoms with van der Waals surface area (Å²) in [5, 5.41) is 0. The SMILES string of the molecule is Cc1ccc(/C=C2/N=C(C3CCCC3)OC2=O)cc1. The van der Waals surface area contributed by atoms with Gasteiger partial charge in [0.05, 0.1) is 0 Å². The Balaban J connectivity index is 1.83. The number of hydrogen-bond acceptors (Lipinski definition) is 3. The van der Waals surface area contributed by atoms with Crippen LogP contribution in [-0.2, 0) is 9.53 Å². The summed E-state index contributed by atoms with van der Waals surface area (Å²) in [6.45, 7) is 2.04. The normalized spacial score (nSPS) is 21.8. The number of carbonyl (C=O) groups is 1. The van der Waals surface area contributed by atoms with E-state index in [0.29, 0.717) is 17.5 Å². The standard InChI is InChI=1S/C16H17NO2/c1-11-6-8-12(9-7-11)10-14-16(18)19-15(17-14)13-4-2-3-5-13/h6-10,13H,2-5H2,1H3/b14-10+. The van der Waals surface area contributed by atoms with Crippen LogP contribution in [0.25, 0.3) is 6.08 Å². The lowest BCUT2D eigenvalue weighted by Gasteiger charge is -2.05. The molecule has 3 rings (SSSR count). The fraction of sp³-hybridized carbons (Fsp3) is 0.375. The van der Waals surface area contributed by atoms with Crippen molar-refractivity contribution in [1.82, 2.24) is 0 Å². The van der Waals surface area contributed by atoms with E-state index in [1.54, 1.807) is 6.08 Å². The Bertz CT molecular complexity index is 549. The van der Waals surface area contributed by atoms with Gasteiger partial charge in [-0.25, -0.2) is 9.79 Å². The molecule has 98 valence electrons. The van der Waals surface area contributed by atoms with E-state index in [1.165, 1.54) is 18.4 Å². The summed E-state index contributed by atoms with van der Waals surface area (Å²) in [4.78, 5) is 16.2. The highest BCUT2D eigenvalue weighted by atomic mass is 16.6. The van der Waals surface area contributed by atoms with Crippen LogP contribution in [0.2, 0.25) is 0 Å². The van der Waals surface area contributed by atoms with E-state index in [9.17, 15) is 4.79 Å². The van der Waals surface area contributed by atoms with Crippen LogP contribution < -0.4 is 0 Å². The largest absolute Gasteiger partial charge is 0.406 e. The monoisotopic (exact) mass is 255 g/mol. The second kappa shape index (κ2) is 5.00. The number of carbonyl (C=O) groups excluding carboxylic acids is 1. The number of hydrogen-bond donors (Lipinski definition) is 0. The molecule has 1 heterocycles. The minimum Gasteiger partial charge on any atom is -0.406 e. The van der Waals surface area contributed by atoms with Crippen molar-refractivity contribution in [1.29, 1.82) is 0 Å². The zero-order chi connectivity index (χ0) is 13.2. The molecule has 1 aliphatic carbocycles. The Hall–Kier alpha value is -1.90. The zero-order valence-electron chi connectivity index (χ0n) is 11.1. The highest BCUT2D eigenvalue weighted by Gasteiger charge is 2.30. The van der Waals surface area contributed by atoms with Crippen LogP contribution in [0.15, 0.2) is 35.0 Å². The van der Waals surface area contributed by atoms with Crippen LogP contribution in [0.1, 0.15) is 36.8 Å². The molecule has 3 heteroatoms. The van der Waals surface area contributed by atoms with E-state index >= 15 is 0 Å². The molecule has 2 aliphatic rings. The third kappa shape index (κ3) is 2.60. The van der Waals surface area contributed by atoms with Crippen molar-refractivity contribution in [3.63, 3.8) is 0 Å². The van der Waals surface area contributed by atoms with Gasteiger partial charge in [-0.2, -0.15) is 0 Å². The Labute approximate surface area is 113 Å². The lowest BCUT2D eigenvalue weighted by Crippen LogP contribution is -2.12. The van der Waals surface area contributed by atoms with Crippen molar-refractivity contribution in [2.45, 2.75) is 32.6 Å². The van der Waals surface area contributed by atoms with Crippen molar-refractivity contribution < 1.29 is 9.53 Å². The number of cyclic esters (lactones) is 1. The minimum atomic E-state index is -0.317. The van der Waals surface area contributed by atoms with Crippen molar-refractivity contribution >= 4 is 17.9 Å².